The molecule has 0 aliphatic carbocycles. The number of piperidine rings is 1. The second-order valence-electron chi connectivity index (χ2n) is 9.74. The summed E-state index contributed by atoms with van der Waals surface area (Å²) in [4.78, 5) is 0. The summed E-state index contributed by atoms with van der Waals surface area (Å²) in [6.07, 6.45) is 2.82. The molecule has 37 heavy (non-hydrogen) atoms. The summed E-state index contributed by atoms with van der Waals surface area (Å²) in [5.74, 6) is 1.63. The van der Waals surface area contributed by atoms with Gasteiger partial charge >= 0.3 is 0 Å². The second-order valence-corrected chi connectivity index (χ2v) is 9.74. The van der Waals surface area contributed by atoms with E-state index >= 15 is 0 Å². The molecule has 4 aromatic carbocycles. The molecule has 0 spiro atoms. The van der Waals surface area contributed by atoms with E-state index in [4.69, 9.17) is 9.15 Å². The smallest absolute Gasteiger partial charge is 0.247 e. The highest BCUT2D eigenvalue weighted by molar-refractivity contribution is 5.82. The lowest BCUT2D eigenvalue weighted by Crippen LogP contribution is -2.40. The van der Waals surface area contributed by atoms with Crippen molar-refractivity contribution >= 4 is 10.8 Å². The molecule has 1 aliphatic rings. The third kappa shape index (κ3) is 5.63. The second kappa shape index (κ2) is 11.1. The number of aryl methyl sites for hydroxylation is 2. The van der Waals surface area contributed by atoms with Gasteiger partial charge in [0.25, 0.3) is 0 Å². The molecule has 1 aromatic heterocycles. The minimum Gasteiger partial charge on any atom is -0.421 e. The largest absolute Gasteiger partial charge is 0.421 e. The van der Waals surface area contributed by atoms with Crippen molar-refractivity contribution in [3.05, 3.63) is 120 Å². The maximum atomic E-state index is 6.47. The summed E-state index contributed by atoms with van der Waals surface area (Å²) >= 11 is 0. The van der Waals surface area contributed by atoms with Gasteiger partial charge in [0.1, 0.15) is 0 Å². The summed E-state index contributed by atoms with van der Waals surface area (Å²) in [5.41, 5.74) is 4.78. The molecular formula is C32H31N3O2. The molecule has 2 atom stereocenters. The maximum Gasteiger partial charge on any atom is 0.247 e. The number of ether oxygens (including phenoxy) is 1. The van der Waals surface area contributed by atoms with E-state index in [9.17, 15) is 0 Å². The van der Waals surface area contributed by atoms with Gasteiger partial charge in [0.2, 0.25) is 11.8 Å². The molecule has 1 fully saturated rings. The van der Waals surface area contributed by atoms with E-state index < -0.39 is 0 Å². The summed E-state index contributed by atoms with van der Waals surface area (Å²) in [6, 6.07) is 33.9. The average molecular weight is 490 g/mol. The fourth-order valence-corrected chi connectivity index (χ4v) is 5.15. The Bertz CT molecular complexity index is 1450. The fourth-order valence-electron chi connectivity index (χ4n) is 5.15. The zero-order valence-corrected chi connectivity index (χ0v) is 20.8. The number of nitrogens with zero attached hydrogens (tertiary/aromatic N) is 2. The van der Waals surface area contributed by atoms with E-state index in [0.29, 0.717) is 24.3 Å². The number of aromatic nitrogens is 2. The van der Waals surface area contributed by atoms with E-state index in [2.05, 4.69) is 82.2 Å². The van der Waals surface area contributed by atoms with Gasteiger partial charge < -0.3 is 14.5 Å². The highest BCUT2D eigenvalue weighted by atomic mass is 16.5. The van der Waals surface area contributed by atoms with Crippen LogP contribution >= 0.6 is 0 Å². The molecule has 6 rings (SSSR count). The van der Waals surface area contributed by atoms with Crippen LogP contribution in [0.25, 0.3) is 22.2 Å². The van der Waals surface area contributed by atoms with Crippen molar-refractivity contribution in [1.82, 2.24) is 15.5 Å². The predicted octanol–water partition coefficient (Wildman–Crippen LogP) is 6.34. The van der Waals surface area contributed by atoms with Gasteiger partial charge in [-0.2, -0.15) is 0 Å². The molecule has 0 saturated carbocycles. The molecule has 2 heterocycles. The molecule has 5 heteroatoms. The van der Waals surface area contributed by atoms with E-state index in [1.807, 2.05) is 30.3 Å². The van der Waals surface area contributed by atoms with E-state index in [0.717, 1.165) is 37.9 Å². The van der Waals surface area contributed by atoms with E-state index in [1.54, 1.807) is 0 Å². The van der Waals surface area contributed by atoms with Gasteiger partial charge in [-0.1, -0.05) is 78.9 Å². The molecule has 5 aromatic rings. The monoisotopic (exact) mass is 489 g/mol. The van der Waals surface area contributed by atoms with Crippen LogP contribution < -0.4 is 5.32 Å². The van der Waals surface area contributed by atoms with Crippen molar-refractivity contribution in [3.63, 3.8) is 0 Å². The number of hydrogen-bond acceptors (Lipinski definition) is 5. The predicted molar refractivity (Wildman–Crippen MR) is 146 cm³/mol. The van der Waals surface area contributed by atoms with Crippen molar-refractivity contribution in [2.75, 3.05) is 13.1 Å². The normalized spacial score (nSPS) is 17.7. The highest BCUT2D eigenvalue weighted by Crippen LogP contribution is 2.29. The summed E-state index contributed by atoms with van der Waals surface area (Å²) in [7, 11) is 0. The number of benzene rings is 4. The Hall–Kier alpha value is -3.80. The lowest BCUT2D eigenvalue weighted by molar-refractivity contribution is 0.0106. The molecule has 5 nitrogen and oxygen atoms in total. The van der Waals surface area contributed by atoms with E-state index in [1.165, 1.54) is 27.5 Å². The lowest BCUT2D eigenvalue weighted by atomic mass is 9.87. The molecule has 186 valence electrons. The van der Waals surface area contributed by atoms with Gasteiger partial charge in [-0.05, 0) is 65.0 Å². The van der Waals surface area contributed by atoms with Crippen LogP contribution in [-0.4, -0.2) is 29.4 Å². The Balaban J connectivity index is 1.07. The minimum absolute atomic E-state index is 0.154. The van der Waals surface area contributed by atoms with Crippen LogP contribution in [0.2, 0.25) is 0 Å². The first kappa shape index (κ1) is 23.6. The third-order valence-corrected chi connectivity index (χ3v) is 7.23. The average Bonchev–Trinajstić information content (AvgIpc) is 3.45. The van der Waals surface area contributed by atoms with Gasteiger partial charge in [-0.15, -0.1) is 10.2 Å². The summed E-state index contributed by atoms with van der Waals surface area (Å²) < 4.78 is 12.3. The van der Waals surface area contributed by atoms with Gasteiger partial charge in [0, 0.05) is 24.4 Å². The van der Waals surface area contributed by atoms with Crippen LogP contribution in [0.5, 0.6) is 0 Å². The van der Waals surface area contributed by atoms with Crippen LogP contribution in [0.15, 0.2) is 101 Å². The molecule has 1 saturated heterocycles. The number of hydrogen-bond donors (Lipinski definition) is 1. The van der Waals surface area contributed by atoms with Crippen LogP contribution in [-0.2, 0) is 24.2 Å². The van der Waals surface area contributed by atoms with Crippen molar-refractivity contribution in [2.24, 2.45) is 0 Å². The number of fused-ring (bicyclic) bond motifs is 1. The fraction of sp³-hybridized carbons (Fsp3) is 0.250. The Morgan fingerprint density at radius 2 is 1.57 bits per heavy atom. The highest BCUT2D eigenvalue weighted by Gasteiger charge is 2.27. The molecule has 1 aliphatic heterocycles. The molecule has 2 unspecified atom stereocenters. The van der Waals surface area contributed by atoms with Crippen LogP contribution in [0, 0.1) is 0 Å². The van der Waals surface area contributed by atoms with Crippen molar-refractivity contribution in [3.8, 4) is 11.5 Å². The number of rotatable bonds is 8. The SMILES string of the molecule is c1ccc(-c2nnc(CCc3ccc(C4CCNCC4OCc4ccc5ccccc5c4)cc3)o2)cc1. The standard InChI is InChI=1S/C32H31N3O2/c1-2-7-27(8-3-1)32-35-34-31(37-32)17-13-23-10-15-26(16-11-23)29-18-19-33-21-30(29)36-22-24-12-14-25-6-4-5-9-28(25)20-24/h1-12,14-16,20,29-30,33H,13,17-19,21-22H2. The van der Waals surface area contributed by atoms with Gasteiger partial charge in [0.05, 0.1) is 12.7 Å². The van der Waals surface area contributed by atoms with Crippen LogP contribution in [0.4, 0.5) is 0 Å². The van der Waals surface area contributed by atoms with Crippen molar-refractivity contribution in [1.29, 1.82) is 0 Å². The minimum atomic E-state index is 0.154. The zero-order valence-electron chi connectivity index (χ0n) is 20.8. The Morgan fingerprint density at radius 1 is 0.784 bits per heavy atom. The van der Waals surface area contributed by atoms with Crippen LogP contribution in [0.3, 0.4) is 0 Å². The number of nitrogens with one attached hydrogen (secondary N) is 1. The molecule has 0 bridgehead atoms. The Morgan fingerprint density at radius 3 is 2.43 bits per heavy atom. The van der Waals surface area contributed by atoms with Crippen molar-refractivity contribution < 1.29 is 9.15 Å². The Labute approximate surface area is 217 Å². The van der Waals surface area contributed by atoms with Crippen LogP contribution in [0.1, 0.15) is 34.9 Å². The first-order valence-electron chi connectivity index (χ1n) is 13.1. The zero-order chi connectivity index (χ0) is 24.9. The maximum absolute atomic E-state index is 6.47. The first-order chi connectivity index (χ1) is 18.3. The molecule has 0 amide bonds. The molecular weight excluding hydrogens is 458 g/mol. The van der Waals surface area contributed by atoms with Crippen molar-refractivity contribution in [2.45, 2.75) is 37.9 Å². The van der Waals surface area contributed by atoms with Gasteiger partial charge in [-0.25, -0.2) is 0 Å². The first-order valence-corrected chi connectivity index (χ1v) is 13.1. The molecule has 0 radical (unpaired) electrons. The summed E-state index contributed by atoms with van der Waals surface area (Å²) in [5, 5.41) is 14.5. The third-order valence-electron chi connectivity index (χ3n) is 7.23. The quantitative estimate of drug-likeness (QED) is 0.276. The summed E-state index contributed by atoms with van der Waals surface area (Å²) in [6.45, 7) is 2.52. The molecule has 1 N–H and O–H groups in total. The lowest BCUT2D eigenvalue weighted by Gasteiger charge is -2.32. The van der Waals surface area contributed by atoms with Gasteiger partial charge in [-0.3, -0.25) is 0 Å². The Kier molecular flexibility index (Phi) is 7.06. The van der Waals surface area contributed by atoms with Gasteiger partial charge in [0.15, 0.2) is 0 Å². The topological polar surface area (TPSA) is 60.2 Å². The van der Waals surface area contributed by atoms with E-state index in [-0.39, 0.29) is 6.10 Å².